The van der Waals surface area contributed by atoms with Crippen LogP contribution in [0.5, 0.6) is 0 Å². The molecule has 1 N–H and O–H groups in total. The third-order valence-corrected chi connectivity index (χ3v) is 11.2. The van der Waals surface area contributed by atoms with Gasteiger partial charge < -0.3 is 14.7 Å². The number of nitrogens with zero attached hydrogens (tertiary/aromatic N) is 1. The van der Waals surface area contributed by atoms with Gasteiger partial charge in [-0.1, -0.05) is 24.3 Å². The average molecular weight is 644 g/mol. The van der Waals surface area contributed by atoms with Gasteiger partial charge in [0.15, 0.2) is 9.84 Å². The number of hydrogen-bond acceptors (Lipinski definition) is 5. The van der Waals surface area contributed by atoms with Gasteiger partial charge in [0.05, 0.1) is 4.90 Å². The minimum Gasteiger partial charge on any atom is -0.396 e. The van der Waals surface area contributed by atoms with E-state index < -0.39 is 66.9 Å². The molecule has 1 atom stereocenters. The van der Waals surface area contributed by atoms with E-state index in [1.165, 1.54) is 12.0 Å². The fraction of sp³-hybridized carbons (Fsp3) is 0.536. The second kappa shape index (κ2) is 11.3. The summed E-state index contributed by atoms with van der Waals surface area (Å²) in [6.07, 6.45) is -11.7. The van der Waals surface area contributed by atoms with Gasteiger partial charge in [-0.15, -0.1) is 0 Å². The SMILES string of the molecule is COC1(C(=O)N2CC[C@](c3ccc(C(F)(C(F)(F)F)C(F)(F)F)cc3)(S(=O)(=O)c3ccc(F)cc3)C2)CCC(CO)CC1. The van der Waals surface area contributed by atoms with Crippen molar-refractivity contribution in [2.45, 2.75) is 65.4 Å². The van der Waals surface area contributed by atoms with Crippen molar-refractivity contribution in [2.75, 3.05) is 26.8 Å². The molecule has 238 valence electrons. The van der Waals surface area contributed by atoms with Crippen LogP contribution in [0.4, 0.5) is 35.1 Å². The Balaban J connectivity index is 1.79. The van der Waals surface area contributed by atoms with Crippen LogP contribution in [-0.4, -0.2) is 69.1 Å². The summed E-state index contributed by atoms with van der Waals surface area (Å²) in [5.41, 5.74) is -9.14. The Morgan fingerprint density at radius 2 is 1.47 bits per heavy atom. The Morgan fingerprint density at radius 1 is 0.930 bits per heavy atom. The smallest absolute Gasteiger partial charge is 0.396 e. The van der Waals surface area contributed by atoms with Crippen molar-refractivity contribution >= 4 is 15.7 Å². The number of ether oxygens (including phenoxy) is 1. The summed E-state index contributed by atoms with van der Waals surface area (Å²) >= 11 is 0. The largest absolute Gasteiger partial charge is 0.435 e. The number of sulfone groups is 1. The van der Waals surface area contributed by atoms with Gasteiger partial charge in [0, 0.05) is 32.4 Å². The molecular weight excluding hydrogens is 614 g/mol. The molecule has 0 bridgehead atoms. The Hall–Kier alpha value is -2.78. The number of methoxy groups -OCH3 is 1. The number of alkyl halides is 7. The lowest BCUT2D eigenvalue weighted by Gasteiger charge is -2.40. The minimum absolute atomic E-state index is 0.0536. The third-order valence-electron chi connectivity index (χ3n) is 8.70. The Bertz CT molecular complexity index is 1410. The number of aliphatic hydroxyl groups excluding tert-OH is 1. The summed E-state index contributed by atoms with van der Waals surface area (Å²) in [4.78, 5) is 14.6. The van der Waals surface area contributed by atoms with Crippen LogP contribution < -0.4 is 0 Å². The topological polar surface area (TPSA) is 83.9 Å². The zero-order valence-electron chi connectivity index (χ0n) is 22.8. The third kappa shape index (κ3) is 5.41. The fourth-order valence-electron chi connectivity index (χ4n) is 6.02. The van der Waals surface area contributed by atoms with Crippen molar-refractivity contribution < 1.29 is 58.2 Å². The van der Waals surface area contributed by atoms with Crippen LogP contribution in [0.15, 0.2) is 53.4 Å². The van der Waals surface area contributed by atoms with E-state index in [9.17, 15) is 53.4 Å². The first kappa shape index (κ1) is 33.1. The number of benzene rings is 2. The molecule has 2 aliphatic rings. The van der Waals surface area contributed by atoms with Gasteiger partial charge in [-0.2, -0.15) is 26.3 Å². The molecule has 1 aliphatic carbocycles. The summed E-state index contributed by atoms with van der Waals surface area (Å²) in [6, 6.07) is 5.46. The first-order chi connectivity index (χ1) is 19.9. The van der Waals surface area contributed by atoms with Crippen molar-refractivity contribution in [3.05, 3.63) is 65.5 Å². The van der Waals surface area contributed by atoms with E-state index in [4.69, 9.17) is 4.74 Å². The molecule has 1 saturated heterocycles. The van der Waals surface area contributed by atoms with Gasteiger partial charge in [-0.25, -0.2) is 17.2 Å². The van der Waals surface area contributed by atoms with Crippen molar-refractivity contribution in [1.82, 2.24) is 4.90 Å². The van der Waals surface area contributed by atoms with Crippen LogP contribution in [-0.2, 0) is 29.8 Å². The van der Waals surface area contributed by atoms with Crippen LogP contribution in [0.25, 0.3) is 0 Å². The summed E-state index contributed by atoms with van der Waals surface area (Å²) in [6.45, 7) is -0.817. The number of carbonyl (C=O) groups excluding carboxylic acids is 1. The molecule has 1 amide bonds. The molecule has 43 heavy (non-hydrogen) atoms. The predicted octanol–water partition coefficient (Wildman–Crippen LogP) is 5.58. The second-order valence-electron chi connectivity index (χ2n) is 11.0. The maximum Gasteiger partial charge on any atom is 0.435 e. The van der Waals surface area contributed by atoms with Gasteiger partial charge in [0.2, 0.25) is 0 Å². The molecule has 2 fully saturated rings. The van der Waals surface area contributed by atoms with Gasteiger partial charge >= 0.3 is 18.0 Å². The molecule has 4 rings (SSSR count). The van der Waals surface area contributed by atoms with E-state index in [1.54, 1.807) is 0 Å². The molecule has 1 saturated carbocycles. The van der Waals surface area contributed by atoms with Crippen molar-refractivity contribution in [3.63, 3.8) is 0 Å². The molecule has 2 aromatic carbocycles. The van der Waals surface area contributed by atoms with Gasteiger partial charge in [0.25, 0.3) is 5.91 Å². The quantitative estimate of drug-likeness (QED) is 0.315. The Kier molecular flexibility index (Phi) is 8.70. The lowest BCUT2D eigenvalue weighted by atomic mass is 9.78. The van der Waals surface area contributed by atoms with E-state index in [0.29, 0.717) is 25.0 Å². The van der Waals surface area contributed by atoms with Crippen LogP contribution in [0, 0.1) is 11.7 Å². The fourth-order valence-corrected chi connectivity index (χ4v) is 8.09. The summed E-state index contributed by atoms with van der Waals surface area (Å²) in [5.74, 6) is -1.38. The summed E-state index contributed by atoms with van der Waals surface area (Å²) in [7, 11) is -3.27. The monoisotopic (exact) mass is 643 g/mol. The highest BCUT2D eigenvalue weighted by Crippen LogP contribution is 2.54. The molecule has 1 heterocycles. The van der Waals surface area contributed by atoms with Crippen molar-refractivity contribution in [2.24, 2.45) is 5.92 Å². The molecule has 0 radical (unpaired) electrons. The van der Waals surface area contributed by atoms with Crippen LogP contribution >= 0.6 is 0 Å². The maximum atomic E-state index is 14.7. The number of halogens is 8. The number of likely N-dealkylation sites (tertiary alicyclic amines) is 1. The Morgan fingerprint density at radius 3 is 1.93 bits per heavy atom. The number of aliphatic hydroxyl groups is 1. The zero-order valence-corrected chi connectivity index (χ0v) is 23.6. The van der Waals surface area contributed by atoms with Crippen LogP contribution in [0.2, 0.25) is 0 Å². The molecule has 0 unspecified atom stereocenters. The number of rotatable bonds is 7. The molecule has 0 aromatic heterocycles. The lowest BCUT2D eigenvalue weighted by molar-refractivity contribution is -0.348. The van der Waals surface area contributed by atoms with Crippen LogP contribution in [0.3, 0.4) is 0 Å². The standard InChI is InChI=1S/C28H29F8NO5S/c1-42-24(12-10-18(16-38)11-13-24)23(39)37-15-14-25(17-37,43(40,41)22-8-6-21(29)7-9-22)19-2-4-20(5-3-19)26(30,27(31,32)33)28(34,35)36/h2-9,18,38H,10-17H2,1H3/t18?,24?,25-/m0/s1. The molecular formula is C28H29F8NO5S. The molecule has 6 nitrogen and oxygen atoms in total. The normalized spacial score (nSPS) is 25.6. The van der Waals surface area contributed by atoms with E-state index in [-0.39, 0.29) is 56.0 Å². The van der Waals surface area contributed by atoms with Crippen LogP contribution in [0.1, 0.15) is 43.2 Å². The van der Waals surface area contributed by atoms with Gasteiger partial charge in [0.1, 0.15) is 16.2 Å². The Labute approximate surface area is 242 Å². The van der Waals surface area contributed by atoms with E-state index in [2.05, 4.69) is 0 Å². The van der Waals surface area contributed by atoms with Gasteiger partial charge in [-0.05, 0) is 67.9 Å². The average Bonchev–Trinajstić information content (AvgIpc) is 3.43. The zero-order chi connectivity index (χ0) is 32.1. The highest BCUT2D eigenvalue weighted by atomic mass is 32.2. The molecule has 15 heteroatoms. The maximum absolute atomic E-state index is 14.7. The minimum atomic E-state index is -6.37. The highest BCUT2D eigenvalue weighted by molar-refractivity contribution is 7.92. The predicted molar refractivity (Wildman–Crippen MR) is 137 cm³/mol. The second-order valence-corrected chi connectivity index (χ2v) is 13.2. The molecule has 2 aromatic rings. The lowest BCUT2D eigenvalue weighted by Crippen LogP contribution is -2.53. The summed E-state index contributed by atoms with van der Waals surface area (Å²) < 4.78 is 140. The summed E-state index contributed by atoms with van der Waals surface area (Å²) in [5, 5.41) is 9.48. The first-order valence-electron chi connectivity index (χ1n) is 13.3. The van der Waals surface area contributed by atoms with E-state index in [0.717, 1.165) is 24.3 Å². The highest BCUT2D eigenvalue weighted by Gasteiger charge is 2.73. The molecule has 0 spiro atoms. The first-order valence-corrected chi connectivity index (χ1v) is 14.8. The van der Waals surface area contributed by atoms with Gasteiger partial charge in [-0.3, -0.25) is 4.79 Å². The number of carbonyl (C=O) groups is 1. The van der Waals surface area contributed by atoms with E-state index >= 15 is 0 Å². The number of amides is 1. The number of hydrogen-bond donors (Lipinski definition) is 1. The van der Waals surface area contributed by atoms with E-state index in [1.807, 2.05) is 0 Å². The van der Waals surface area contributed by atoms with Crippen molar-refractivity contribution in [1.29, 1.82) is 0 Å². The van der Waals surface area contributed by atoms with Crippen molar-refractivity contribution in [3.8, 4) is 0 Å². The molecule has 1 aliphatic heterocycles.